The van der Waals surface area contributed by atoms with E-state index < -0.39 is 0 Å². The van der Waals surface area contributed by atoms with Gasteiger partial charge in [0.05, 0.1) is 0 Å². The van der Waals surface area contributed by atoms with Gasteiger partial charge in [-0.1, -0.05) is 39.2 Å². The molecule has 0 amide bonds. The first-order valence-corrected chi connectivity index (χ1v) is 6.46. The van der Waals surface area contributed by atoms with E-state index in [-0.39, 0.29) is 0 Å². The smallest absolute Gasteiger partial charge is 0.0466 e. The summed E-state index contributed by atoms with van der Waals surface area (Å²) in [6.45, 7) is 10.2. The summed E-state index contributed by atoms with van der Waals surface area (Å²) < 4.78 is 5.55. The van der Waals surface area contributed by atoms with Gasteiger partial charge in [0.2, 0.25) is 0 Å². The van der Waals surface area contributed by atoms with Crippen LogP contribution in [0.2, 0.25) is 0 Å². The van der Waals surface area contributed by atoms with E-state index in [1.54, 1.807) is 0 Å². The third-order valence-corrected chi connectivity index (χ3v) is 2.52. The topological polar surface area (TPSA) is 9.23 Å². The average Bonchev–Trinajstić information content (AvgIpc) is 2.20. The van der Waals surface area contributed by atoms with Crippen LogP contribution in [0.15, 0.2) is 12.7 Å². The van der Waals surface area contributed by atoms with E-state index in [0.29, 0.717) is 0 Å². The lowest BCUT2D eigenvalue weighted by Crippen LogP contribution is -1.97. The fraction of sp³-hybridized carbons (Fsp3) is 0.857. The zero-order valence-corrected chi connectivity index (χ0v) is 10.6. The number of unbranched alkanes of at least 4 members (excludes halogenated alkanes) is 4. The third-order valence-electron chi connectivity index (χ3n) is 2.52. The molecule has 0 saturated heterocycles. The van der Waals surface area contributed by atoms with E-state index in [9.17, 15) is 0 Å². The van der Waals surface area contributed by atoms with Crippen LogP contribution in [-0.4, -0.2) is 13.2 Å². The standard InChI is InChI=1S/C14H28O/c1-4-5-6-9-12-15-13-10-7-8-11-14(2)3/h4,14H,1,5-13H2,2-3H3. The predicted molar refractivity (Wildman–Crippen MR) is 68.2 cm³/mol. The van der Waals surface area contributed by atoms with Crippen LogP contribution < -0.4 is 0 Å². The molecule has 0 aromatic rings. The molecule has 1 heteroatoms. The summed E-state index contributed by atoms with van der Waals surface area (Å²) in [4.78, 5) is 0. The summed E-state index contributed by atoms with van der Waals surface area (Å²) in [6.07, 6.45) is 10.8. The second-order valence-electron chi connectivity index (χ2n) is 4.64. The summed E-state index contributed by atoms with van der Waals surface area (Å²) >= 11 is 0. The summed E-state index contributed by atoms with van der Waals surface area (Å²) in [5.74, 6) is 0.852. The molecule has 0 aromatic heterocycles. The van der Waals surface area contributed by atoms with Crippen LogP contribution in [0.5, 0.6) is 0 Å². The van der Waals surface area contributed by atoms with Crippen LogP contribution in [0.3, 0.4) is 0 Å². The zero-order valence-electron chi connectivity index (χ0n) is 10.6. The fourth-order valence-electron chi connectivity index (χ4n) is 1.53. The Kier molecular flexibility index (Phi) is 11.5. The SMILES string of the molecule is C=CCCCCOCCCCCC(C)C. The first-order valence-electron chi connectivity index (χ1n) is 6.46. The van der Waals surface area contributed by atoms with Crippen LogP contribution in [-0.2, 0) is 4.74 Å². The van der Waals surface area contributed by atoms with E-state index in [0.717, 1.165) is 25.6 Å². The lowest BCUT2D eigenvalue weighted by atomic mass is 10.1. The van der Waals surface area contributed by atoms with E-state index in [1.165, 1.54) is 38.5 Å². The van der Waals surface area contributed by atoms with Gasteiger partial charge >= 0.3 is 0 Å². The molecule has 0 radical (unpaired) electrons. The van der Waals surface area contributed by atoms with Crippen molar-refractivity contribution in [3.05, 3.63) is 12.7 Å². The molecule has 0 fully saturated rings. The highest BCUT2D eigenvalue weighted by Gasteiger charge is 1.94. The minimum atomic E-state index is 0.852. The molecule has 0 spiro atoms. The minimum Gasteiger partial charge on any atom is -0.381 e. The molecule has 0 unspecified atom stereocenters. The molecular weight excluding hydrogens is 184 g/mol. The maximum Gasteiger partial charge on any atom is 0.0466 e. The fourth-order valence-corrected chi connectivity index (χ4v) is 1.53. The van der Waals surface area contributed by atoms with Crippen molar-refractivity contribution in [1.82, 2.24) is 0 Å². The number of ether oxygens (including phenoxy) is 1. The third kappa shape index (κ3) is 13.7. The highest BCUT2D eigenvalue weighted by molar-refractivity contribution is 4.65. The molecule has 0 rings (SSSR count). The van der Waals surface area contributed by atoms with Gasteiger partial charge in [0.15, 0.2) is 0 Å². The van der Waals surface area contributed by atoms with Crippen molar-refractivity contribution in [1.29, 1.82) is 0 Å². The average molecular weight is 212 g/mol. The summed E-state index contributed by atoms with van der Waals surface area (Å²) in [5, 5.41) is 0. The van der Waals surface area contributed by atoms with Gasteiger partial charge in [-0.2, -0.15) is 0 Å². The molecule has 0 bridgehead atoms. The zero-order chi connectivity index (χ0) is 11.4. The second kappa shape index (κ2) is 11.8. The molecule has 0 atom stereocenters. The lowest BCUT2D eigenvalue weighted by Gasteiger charge is -2.05. The van der Waals surface area contributed by atoms with Crippen molar-refractivity contribution in [3.63, 3.8) is 0 Å². The minimum absolute atomic E-state index is 0.852. The Balaban J connectivity index is 2.89. The monoisotopic (exact) mass is 212 g/mol. The molecule has 0 aliphatic rings. The van der Waals surface area contributed by atoms with E-state index in [4.69, 9.17) is 4.74 Å². The van der Waals surface area contributed by atoms with Crippen molar-refractivity contribution in [2.24, 2.45) is 5.92 Å². The van der Waals surface area contributed by atoms with Gasteiger partial charge in [0, 0.05) is 13.2 Å². The van der Waals surface area contributed by atoms with Crippen LogP contribution in [0, 0.1) is 5.92 Å². The largest absolute Gasteiger partial charge is 0.381 e. The maximum atomic E-state index is 5.55. The van der Waals surface area contributed by atoms with Gasteiger partial charge < -0.3 is 4.74 Å². The van der Waals surface area contributed by atoms with Crippen molar-refractivity contribution in [2.45, 2.75) is 58.8 Å². The number of hydrogen-bond acceptors (Lipinski definition) is 1. The number of rotatable bonds is 11. The van der Waals surface area contributed by atoms with E-state index in [2.05, 4.69) is 20.4 Å². The summed E-state index contributed by atoms with van der Waals surface area (Å²) in [6, 6.07) is 0. The predicted octanol–water partition coefficient (Wildman–Crippen LogP) is 4.58. The normalized spacial score (nSPS) is 10.9. The summed E-state index contributed by atoms with van der Waals surface area (Å²) in [7, 11) is 0. The van der Waals surface area contributed by atoms with Crippen LogP contribution in [0.1, 0.15) is 58.8 Å². The van der Waals surface area contributed by atoms with Crippen molar-refractivity contribution in [2.75, 3.05) is 13.2 Å². The molecular formula is C14H28O. The molecule has 0 aliphatic carbocycles. The molecule has 15 heavy (non-hydrogen) atoms. The maximum absolute atomic E-state index is 5.55. The lowest BCUT2D eigenvalue weighted by molar-refractivity contribution is 0.126. The Morgan fingerprint density at radius 2 is 1.67 bits per heavy atom. The molecule has 90 valence electrons. The van der Waals surface area contributed by atoms with Crippen LogP contribution >= 0.6 is 0 Å². The number of hydrogen-bond donors (Lipinski definition) is 0. The first kappa shape index (κ1) is 14.7. The molecule has 0 aromatic carbocycles. The Morgan fingerprint density at radius 3 is 2.27 bits per heavy atom. The molecule has 0 aliphatic heterocycles. The van der Waals surface area contributed by atoms with Crippen molar-refractivity contribution < 1.29 is 4.74 Å². The van der Waals surface area contributed by atoms with E-state index >= 15 is 0 Å². The van der Waals surface area contributed by atoms with Gasteiger partial charge in [-0.05, 0) is 31.6 Å². The van der Waals surface area contributed by atoms with Gasteiger partial charge in [-0.15, -0.1) is 6.58 Å². The van der Waals surface area contributed by atoms with Gasteiger partial charge in [0.25, 0.3) is 0 Å². The highest BCUT2D eigenvalue weighted by atomic mass is 16.5. The van der Waals surface area contributed by atoms with Crippen LogP contribution in [0.4, 0.5) is 0 Å². The van der Waals surface area contributed by atoms with Gasteiger partial charge in [0.1, 0.15) is 0 Å². The molecule has 1 nitrogen and oxygen atoms in total. The Morgan fingerprint density at radius 1 is 1.00 bits per heavy atom. The van der Waals surface area contributed by atoms with Gasteiger partial charge in [-0.25, -0.2) is 0 Å². The first-order chi connectivity index (χ1) is 7.27. The second-order valence-corrected chi connectivity index (χ2v) is 4.64. The van der Waals surface area contributed by atoms with Crippen molar-refractivity contribution >= 4 is 0 Å². The van der Waals surface area contributed by atoms with Gasteiger partial charge in [-0.3, -0.25) is 0 Å². The Bertz CT molecular complexity index is 129. The van der Waals surface area contributed by atoms with Crippen molar-refractivity contribution in [3.8, 4) is 0 Å². The van der Waals surface area contributed by atoms with Crippen LogP contribution in [0.25, 0.3) is 0 Å². The highest BCUT2D eigenvalue weighted by Crippen LogP contribution is 2.08. The quantitative estimate of drug-likeness (QED) is 0.360. The molecule has 0 N–H and O–H groups in total. The molecule has 0 saturated carbocycles. The Hall–Kier alpha value is -0.300. The summed E-state index contributed by atoms with van der Waals surface area (Å²) in [5.41, 5.74) is 0. The van der Waals surface area contributed by atoms with E-state index in [1.807, 2.05) is 6.08 Å². The Labute approximate surface area is 95.9 Å². The number of allylic oxidation sites excluding steroid dienone is 1. The molecule has 0 heterocycles.